The topological polar surface area (TPSA) is 33.5 Å². The van der Waals surface area contributed by atoms with Gasteiger partial charge < -0.3 is 17.5 Å². The van der Waals surface area contributed by atoms with E-state index in [4.69, 9.17) is 0 Å². The van der Waals surface area contributed by atoms with Crippen LogP contribution in [0.25, 0.3) is 6.15 Å². The zero-order chi connectivity index (χ0) is 3.54. The van der Waals surface area contributed by atoms with Crippen molar-refractivity contribution in [2.75, 3.05) is 0 Å². The number of hydrogen-bond donors (Lipinski definition) is 0. The average Bonchev–Trinajstić information content (AvgIpc) is 1.76. The molecule has 7 heavy (non-hydrogen) atoms. The molecule has 1 aromatic heterocycles. The molecule has 1 rings (SSSR count). The van der Waals surface area contributed by atoms with Crippen molar-refractivity contribution in [1.29, 1.82) is 0 Å². The van der Waals surface area contributed by atoms with Gasteiger partial charge in [-0.25, -0.2) is 6.07 Å². The Labute approximate surface area is 57.3 Å². The maximum atomic E-state index is 2.90. The van der Waals surface area contributed by atoms with Crippen LogP contribution < -0.4 is 0 Å². The fourth-order valence-corrected chi connectivity index (χ4v) is 0.589. The van der Waals surface area contributed by atoms with Gasteiger partial charge in [-0.05, 0) is 0 Å². The zero-order valence-corrected chi connectivity index (χ0v) is 5.34. The first-order valence-corrected chi connectivity index (χ1v) is 2.27. The molecule has 0 aliphatic heterocycles. The Kier molecular flexibility index (Phi) is 8.97. The third-order valence-electron chi connectivity index (χ3n) is 0.379. The molecule has 1 heterocycles. The second-order valence-electron chi connectivity index (χ2n) is 0.731. The average molecular weight is 158 g/mol. The van der Waals surface area contributed by atoms with E-state index in [0.29, 0.717) is 0 Å². The van der Waals surface area contributed by atoms with Crippen molar-refractivity contribution in [1.82, 2.24) is 0 Å². The third-order valence-corrected chi connectivity index (χ3v) is 0.944. The van der Waals surface area contributed by atoms with Gasteiger partial charge in [0.25, 0.3) is 0 Å². The molecule has 1 nitrogen and oxygen atoms in total. The van der Waals surface area contributed by atoms with Crippen LogP contribution in [0.2, 0.25) is 0 Å². The van der Waals surface area contributed by atoms with E-state index < -0.39 is 0 Å². The van der Waals surface area contributed by atoms with Gasteiger partial charge in [0, 0.05) is 0 Å². The molecule has 0 amide bonds. The van der Waals surface area contributed by atoms with Crippen LogP contribution in [0.5, 0.6) is 0 Å². The molecule has 1 aromatic rings. The zero-order valence-electron chi connectivity index (χ0n) is 3.53. The first-order chi connectivity index (χ1) is 2.50. The maximum Gasteiger partial charge on any atom is 2.00 e. The van der Waals surface area contributed by atoms with Crippen molar-refractivity contribution < 1.29 is 16.5 Å². The van der Waals surface area contributed by atoms with Crippen LogP contribution in [0, 0.1) is 5.38 Å². The van der Waals surface area contributed by atoms with Gasteiger partial charge >= 0.3 is 16.5 Å². The van der Waals surface area contributed by atoms with E-state index in [1.54, 1.807) is 11.3 Å². The standard InChI is InChI=1S/C4H3S.H2N.Ni/c1-2-4-5-3-1;;/h1-3H;1H2;/q2*-1;+2. The molecule has 0 spiro atoms. The van der Waals surface area contributed by atoms with Gasteiger partial charge in [0.2, 0.25) is 0 Å². The third kappa shape index (κ3) is 4.00. The first kappa shape index (κ1) is 10.2. The van der Waals surface area contributed by atoms with Crippen LogP contribution in [-0.2, 0) is 16.5 Å². The number of thiophene rings is 1. The van der Waals surface area contributed by atoms with E-state index in [2.05, 4.69) is 5.38 Å². The Morgan fingerprint density at radius 3 is 2.29 bits per heavy atom. The molecule has 0 aliphatic carbocycles. The van der Waals surface area contributed by atoms with Crippen molar-refractivity contribution >= 4 is 11.3 Å². The largest absolute Gasteiger partial charge is 2.00 e. The Morgan fingerprint density at radius 2 is 2.14 bits per heavy atom. The van der Waals surface area contributed by atoms with Crippen molar-refractivity contribution in [3.8, 4) is 0 Å². The predicted octanol–water partition coefficient (Wildman–Crippen LogP) is 2.26. The van der Waals surface area contributed by atoms with Gasteiger partial charge in [-0.15, -0.1) is 5.38 Å². The van der Waals surface area contributed by atoms with Gasteiger partial charge in [-0.1, -0.05) is 0 Å². The molecule has 0 bridgehead atoms. The molecule has 0 saturated carbocycles. The molecule has 0 fully saturated rings. The number of hydrogen-bond acceptors (Lipinski definition) is 1. The van der Waals surface area contributed by atoms with Crippen LogP contribution in [-0.4, -0.2) is 0 Å². The summed E-state index contributed by atoms with van der Waals surface area (Å²) >= 11 is 1.59. The molecular weight excluding hydrogens is 153 g/mol. The summed E-state index contributed by atoms with van der Waals surface area (Å²) < 4.78 is 0. The minimum atomic E-state index is 0. The summed E-state index contributed by atoms with van der Waals surface area (Å²) in [5.41, 5.74) is 0. The van der Waals surface area contributed by atoms with Crippen LogP contribution in [0.3, 0.4) is 0 Å². The fourth-order valence-electron chi connectivity index (χ4n) is 0.196. The molecule has 3 heteroatoms. The maximum absolute atomic E-state index is 2.90. The van der Waals surface area contributed by atoms with Crippen LogP contribution >= 0.6 is 11.3 Å². The summed E-state index contributed by atoms with van der Waals surface area (Å²) in [7, 11) is 0. The molecule has 0 atom stereocenters. The van der Waals surface area contributed by atoms with E-state index in [0.717, 1.165) is 0 Å². The van der Waals surface area contributed by atoms with Crippen molar-refractivity contribution in [3.05, 3.63) is 29.0 Å². The molecular formula is C4H5NNiS. The predicted molar refractivity (Wildman–Crippen MR) is 28.4 cm³/mol. The summed E-state index contributed by atoms with van der Waals surface area (Å²) in [6.07, 6.45) is 0. The molecule has 2 N–H and O–H groups in total. The van der Waals surface area contributed by atoms with Gasteiger partial charge in [0.1, 0.15) is 0 Å². The molecule has 42 valence electrons. The number of rotatable bonds is 0. The Bertz CT molecular complexity index is 68.2. The Morgan fingerprint density at radius 1 is 1.43 bits per heavy atom. The Hall–Kier alpha value is 0.154. The number of nitrogens with two attached hydrogens (primary N) is 1. The summed E-state index contributed by atoms with van der Waals surface area (Å²) in [6, 6.07) is 3.86. The molecule has 0 aliphatic rings. The van der Waals surface area contributed by atoms with Gasteiger partial charge in [0.05, 0.1) is 0 Å². The van der Waals surface area contributed by atoms with E-state index in [1.165, 1.54) is 0 Å². The van der Waals surface area contributed by atoms with Crippen LogP contribution in [0.1, 0.15) is 0 Å². The van der Waals surface area contributed by atoms with E-state index in [9.17, 15) is 0 Å². The Balaban J connectivity index is 0. The molecule has 0 unspecified atom stereocenters. The van der Waals surface area contributed by atoms with Crippen LogP contribution in [0.15, 0.2) is 17.5 Å². The summed E-state index contributed by atoms with van der Waals surface area (Å²) in [5, 5.41) is 4.89. The smallest absolute Gasteiger partial charge is 0.693 e. The first-order valence-electron chi connectivity index (χ1n) is 1.40. The molecule has 0 radical (unpaired) electrons. The molecule has 0 aromatic carbocycles. The summed E-state index contributed by atoms with van der Waals surface area (Å²) in [4.78, 5) is 0. The minimum absolute atomic E-state index is 0. The normalized spacial score (nSPS) is 5.71. The molecule has 0 saturated heterocycles. The van der Waals surface area contributed by atoms with E-state index in [1.807, 2.05) is 17.5 Å². The second kappa shape index (κ2) is 6.15. The van der Waals surface area contributed by atoms with Crippen molar-refractivity contribution in [2.24, 2.45) is 0 Å². The SMILES string of the molecule is [NH2-].[Ni+2].[c-]1cccs1. The van der Waals surface area contributed by atoms with Crippen molar-refractivity contribution in [2.45, 2.75) is 0 Å². The van der Waals surface area contributed by atoms with Crippen LogP contribution in [0.4, 0.5) is 0 Å². The minimum Gasteiger partial charge on any atom is -0.693 e. The fraction of sp³-hybridized carbons (Fsp3) is 0. The van der Waals surface area contributed by atoms with E-state index >= 15 is 0 Å². The van der Waals surface area contributed by atoms with Gasteiger partial charge in [-0.3, -0.25) is 0 Å². The summed E-state index contributed by atoms with van der Waals surface area (Å²) in [6.45, 7) is 0. The quantitative estimate of drug-likeness (QED) is 0.409. The van der Waals surface area contributed by atoms with Crippen molar-refractivity contribution in [3.63, 3.8) is 0 Å². The van der Waals surface area contributed by atoms with Gasteiger partial charge in [0.15, 0.2) is 0 Å². The monoisotopic (exact) mass is 157 g/mol. The summed E-state index contributed by atoms with van der Waals surface area (Å²) in [5.74, 6) is 0. The van der Waals surface area contributed by atoms with Gasteiger partial charge in [-0.2, -0.15) is 11.4 Å². The second-order valence-corrected chi connectivity index (χ2v) is 1.47. The van der Waals surface area contributed by atoms with E-state index in [-0.39, 0.29) is 22.6 Å².